The minimum Gasteiger partial charge on any atom is -0.284 e. The number of aromatic nitrogens is 2. The average Bonchev–Trinajstić information content (AvgIpc) is 3.20. The SMILES string of the molecule is Cc1cc2nc(N(Cc3cccnc3)C(=O)CCCS(=O)(=O)c3ccc(Cl)cc3)sc2cc1C. The Labute approximate surface area is 208 Å². The minimum absolute atomic E-state index is 0.0844. The Morgan fingerprint density at radius 1 is 1.09 bits per heavy atom. The Balaban J connectivity index is 1.54. The number of carbonyl (C=O) groups excluding carboxylic acids is 1. The molecule has 0 aliphatic rings. The summed E-state index contributed by atoms with van der Waals surface area (Å²) in [5.41, 5.74) is 4.02. The van der Waals surface area contributed by atoms with Gasteiger partial charge in [-0.3, -0.25) is 14.7 Å². The van der Waals surface area contributed by atoms with Gasteiger partial charge in [-0.2, -0.15) is 0 Å². The summed E-state index contributed by atoms with van der Waals surface area (Å²) in [4.78, 5) is 24.0. The first-order valence-electron chi connectivity index (χ1n) is 10.8. The van der Waals surface area contributed by atoms with Gasteiger partial charge in [0, 0.05) is 23.8 Å². The second kappa shape index (κ2) is 10.2. The number of nitrogens with zero attached hydrogens (tertiary/aromatic N) is 3. The number of amides is 1. The maximum absolute atomic E-state index is 13.3. The lowest BCUT2D eigenvalue weighted by Crippen LogP contribution is -2.30. The molecule has 4 aromatic rings. The summed E-state index contributed by atoms with van der Waals surface area (Å²) < 4.78 is 26.3. The Morgan fingerprint density at radius 3 is 2.53 bits per heavy atom. The van der Waals surface area contributed by atoms with Crippen molar-refractivity contribution in [2.45, 2.75) is 38.1 Å². The van der Waals surface area contributed by atoms with Crippen LogP contribution in [0.3, 0.4) is 0 Å². The molecular weight excluding hydrogens is 490 g/mol. The smallest absolute Gasteiger partial charge is 0.229 e. The molecule has 0 fully saturated rings. The molecule has 0 N–H and O–H groups in total. The Morgan fingerprint density at radius 2 is 1.82 bits per heavy atom. The molecule has 34 heavy (non-hydrogen) atoms. The van der Waals surface area contributed by atoms with Crippen LogP contribution in [0.1, 0.15) is 29.5 Å². The molecule has 2 aromatic carbocycles. The van der Waals surface area contributed by atoms with Gasteiger partial charge in [-0.25, -0.2) is 13.4 Å². The third-order valence-corrected chi connectivity index (χ3v) is 8.67. The van der Waals surface area contributed by atoms with Crippen LogP contribution in [0.25, 0.3) is 10.2 Å². The molecule has 4 rings (SSSR count). The first-order valence-corrected chi connectivity index (χ1v) is 13.6. The zero-order chi connectivity index (χ0) is 24.3. The molecule has 0 saturated heterocycles. The summed E-state index contributed by atoms with van der Waals surface area (Å²) in [6.07, 6.45) is 3.69. The molecule has 0 spiro atoms. The second-order valence-electron chi connectivity index (χ2n) is 8.12. The van der Waals surface area contributed by atoms with E-state index in [1.165, 1.54) is 29.0 Å². The van der Waals surface area contributed by atoms with Gasteiger partial charge in [0.25, 0.3) is 0 Å². The average molecular weight is 514 g/mol. The van der Waals surface area contributed by atoms with Crippen LogP contribution in [0.4, 0.5) is 5.13 Å². The predicted octanol–water partition coefficient (Wildman–Crippen LogP) is 5.75. The van der Waals surface area contributed by atoms with Gasteiger partial charge >= 0.3 is 0 Å². The standard InChI is InChI=1S/C25H24ClN3O3S2/c1-17-13-22-23(14-18(17)2)33-25(28-22)29(16-19-5-3-11-27-15-19)24(30)6-4-12-34(31,32)21-9-7-20(26)8-10-21/h3,5,7-11,13-15H,4,6,12,16H2,1-2H3. The normalized spacial score (nSPS) is 11.6. The fourth-order valence-corrected chi connectivity index (χ4v) is 6.03. The third kappa shape index (κ3) is 5.63. The first kappa shape index (κ1) is 24.3. The third-order valence-electron chi connectivity index (χ3n) is 5.56. The first-order chi connectivity index (χ1) is 16.2. The number of pyridine rings is 1. The van der Waals surface area contributed by atoms with E-state index in [2.05, 4.69) is 11.1 Å². The van der Waals surface area contributed by atoms with Crippen LogP contribution in [0.2, 0.25) is 5.02 Å². The van der Waals surface area contributed by atoms with Gasteiger partial charge < -0.3 is 0 Å². The lowest BCUT2D eigenvalue weighted by Gasteiger charge is -2.20. The van der Waals surface area contributed by atoms with Crippen molar-refractivity contribution in [2.24, 2.45) is 0 Å². The Kier molecular flexibility index (Phi) is 7.30. The number of aryl methyl sites for hydroxylation is 2. The van der Waals surface area contributed by atoms with E-state index in [-0.39, 0.29) is 29.4 Å². The molecule has 2 heterocycles. The Hall–Kier alpha value is -2.81. The van der Waals surface area contributed by atoms with E-state index in [1.807, 2.05) is 32.0 Å². The van der Waals surface area contributed by atoms with E-state index < -0.39 is 9.84 Å². The molecule has 0 unspecified atom stereocenters. The summed E-state index contributed by atoms with van der Waals surface area (Å²) in [6.45, 7) is 4.40. The van der Waals surface area contributed by atoms with Crippen LogP contribution < -0.4 is 4.90 Å². The molecule has 9 heteroatoms. The predicted molar refractivity (Wildman–Crippen MR) is 137 cm³/mol. The van der Waals surface area contributed by atoms with Crippen LogP contribution in [0, 0.1) is 13.8 Å². The second-order valence-corrected chi connectivity index (χ2v) is 11.7. The van der Waals surface area contributed by atoms with E-state index in [4.69, 9.17) is 16.6 Å². The van der Waals surface area contributed by atoms with Crippen LogP contribution in [0.5, 0.6) is 0 Å². The van der Waals surface area contributed by atoms with Crippen molar-refractivity contribution in [1.29, 1.82) is 0 Å². The highest BCUT2D eigenvalue weighted by atomic mass is 35.5. The van der Waals surface area contributed by atoms with E-state index in [0.29, 0.717) is 16.7 Å². The van der Waals surface area contributed by atoms with Crippen LogP contribution in [-0.2, 0) is 21.2 Å². The molecule has 0 atom stereocenters. The molecule has 0 radical (unpaired) electrons. The van der Waals surface area contributed by atoms with Gasteiger partial charge in [0.05, 0.1) is 27.4 Å². The number of benzene rings is 2. The lowest BCUT2D eigenvalue weighted by molar-refractivity contribution is -0.118. The van der Waals surface area contributed by atoms with Crippen molar-refractivity contribution in [3.8, 4) is 0 Å². The molecule has 0 bridgehead atoms. The number of hydrogen-bond donors (Lipinski definition) is 0. The van der Waals surface area contributed by atoms with Crippen molar-refractivity contribution < 1.29 is 13.2 Å². The Bertz CT molecular complexity index is 1380. The maximum atomic E-state index is 13.3. The van der Waals surface area contributed by atoms with Gasteiger partial charge in [-0.15, -0.1) is 0 Å². The number of carbonyl (C=O) groups is 1. The number of halogens is 1. The number of fused-ring (bicyclic) bond motifs is 1. The highest BCUT2D eigenvalue weighted by molar-refractivity contribution is 7.91. The number of thiazole rings is 1. The molecular formula is C25H24ClN3O3S2. The quantitative estimate of drug-likeness (QED) is 0.300. The highest BCUT2D eigenvalue weighted by Crippen LogP contribution is 2.32. The van der Waals surface area contributed by atoms with E-state index in [0.717, 1.165) is 21.3 Å². The summed E-state index contributed by atoms with van der Waals surface area (Å²) in [6, 6.07) is 13.9. The summed E-state index contributed by atoms with van der Waals surface area (Å²) in [5.74, 6) is -0.304. The molecule has 2 aromatic heterocycles. The van der Waals surface area contributed by atoms with Crippen LogP contribution >= 0.6 is 22.9 Å². The van der Waals surface area contributed by atoms with Crippen LogP contribution in [-0.4, -0.2) is 30.0 Å². The van der Waals surface area contributed by atoms with Gasteiger partial charge in [0.15, 0.2) is 15.0 Å². The summed E-state index contributed by atoms with van der Waals surface area (Å²) >= 11 is 7.32. The van der Waals surface area contributed by atoms with Crippen LogP contribution in [0.15, 0.2) is 65.8 Å². The highest BCUT2D eigenvalue weighted by Gasteiger charge is 2.22. The van der Waals surface area contributed by atoms with Gasteiger partial charge in [-0.1, -0.05) is 29.0 Å². The molecule has 1 amide bonds. The molecule has 6 nitrogen and oxygen atoms in total. The maximum Gasteiger partial charge on any atom is 0.229 e. The fraction of sp³-hybridized carbons (Fsp3) is 0.240. The largest absolute Gasteiger partial charge is 0.284 e. The van der Waals surface area contributed by atoms with Gasteiger partial charge in [-0.05, 0) is 79.4 Å². The number of anilines is 1. The molecule has 0 aliphatic carbocycles. The minimum atomic E-state index is -3.50. The lowest BCUT2D eigenvalue weighted by atomic mass is 10.1. The summed E-state index contributed by atoms with van der Waals surface area (Å²) in [7, 11) is -3.50. The van der Waals surface area contributed by atoms with Gasteiger partial charge in [0.1, 0.15) is 0 Å². The van der Waals surface area contributed by atoms with E-state index in [1.54, 1.807) is 29.4 Å². The molecule has 0 aliphatic heterocycles. The van der Waals surface area contributed by atoms with Gasteiger partial charge in [0.2, 0.25) is 5.91 Å². The zero-order valence-electron chi connectivity index (χ0n) is 18.9. The molecule has 176 valence electrons. The van der Waals surface area contributed by atoms with E-state index >= 15 is 0 Å². The monoisotopic (exact) mass is 513 g/mol. The van der Waals surface area contributed by atoms with Crippen molar-refractivity contribution >= 4 is 54.0 Å². The van der Waals surface area contributed by atoms with Crippen molar-refractivity contribution in [1.82, 2.24) is 9.97 Å². The molecule has 0 saturated carbocycles. The number of rotatable bonds is 8. The summed E-state index contributed by atoms with van der Waals surface area (Å²) in [5, 5.41) is 1.07. The van der Waals surface area contributed by atoms with Crippen molar-refractivity contribution in [3.05, 3.63) is 82.6 Å². The number of sulfone groups is 1. The zero-order valence-corrected chi connectivity index (χ0v) is 21.3. The van der Waals surface area contributed by atoms with Crippen molar-refractivity contribution in [3.63, 3.8) is 0 Å². The van der Waals surface area contributed by atoms with Crippen molar-refractivity contribution in [2.75, 3.05) is 10.7 Å². The van der Waals surface area contributed by atoms with E-state index in [9.17, 15) is 13.2 Å². The fourth-order valence-electron chi connectivity index (χ4n) is 3.53. The number of hydrogen-bond acceptors (Lipinski definition) is 6. The topological polar surface area (TPSA) is 80.2 Å².